The molecule has 148 valence electrons. The molecular weight excluding hydrogens is 362 g/mol. The lowest BCUT2D eigenvalue weighted by Gasteiger charge is -2.20. The Morgan fingerprint density at radius 1 is 1.04 bits per heavy atom. The van der Waals surface area contributed by atoms with Gasteiger partial charge in [-0.3, -0.25) is 9.79 Å². The minimum atomic E-state index is -0.729. The molecule has 0 aromatic heterocycles. The lowest BCUT2D eigenvalue weighted by atomic mass is 10.0. The molecule has 0 bridgehead atoms. The van der Waals surface area contributed by atoms with Crippen LogP contribution in [0.25, 0.3) is 0 Å². The van der Waals surface area contributed by atoms with Crippen LogP contribution in [0.5, 0.6) is 23.0 Å². The number of ketones is 1. The quantitative estimate of drug-likeness (QED) is 0.651. The molecule has 0 saturated carbocycles. The summed E-state index contributed by atoms with van der Waals surface area (Å²) in [6.07, 6.45) is 0.882. The molecule has 7 nitrogen and oxygen atoms in total. The summed E-state index contributed by atoms with van der Waals surface area (Å²) in [5, 5.41) is 0. The van der Waals surface area contributed by atoms with E-state index in [4.69, 9.17) is 23.7 Å². The second-order valence-electron chi connectivity index (χ2n) is 6.10. The van der Waals surface area contributed by atoms with Crippen molar-refractivity contribution in [2.24, 2.45) is 4.99 Å². The summed E-state index contributed by atoms with van der Waals surface area (Å²) in [7, 11) is 4.65. The summed E-state index contributed by atoms with van der Waals surface area (Å²) >= 11 is 0. The minimum Gasteiger partial charge on any atom is -0.497 e. The van der Waals surface area contributed by atoms with Gasteiger partial charge in [0.05, 0.1) is 14.2 Å². The van der Waals surface area contributed by atoms with Crippen molar-refractivity contribution >= 4 is 12.0 Å². The van der Waals surface area contributed by atoms with Gasteiger partial charge in [0.2, 0.25) is 0 Å². The second kappa shape index (κ2) is 9.23. The van der Waals surface area contributed by atoms with E-state index >= 15 is 0 Å². The van der Waals surface area contributed by atoms with Crippen LogP contribution in [0.2, 0.25) is 0 Å². The van der Waals surface area contributed by atoms with Gasteiger partial charge in [0.15, 0.2) is 17.3 Å². The lowest BCUT2D eigenvalue weighted by Crippen LogP contribution is -2.19. The third-order valence-electron chi connectivity index (χ3n) is 4.26. The Labute approximate surface area is 163 Å². The molecule has 7 heteroatoms. The first-order valence-electron chi connectivity index (χ1n) is 8.82. The maximum atomic E-state index is 12.6. The maximum absolute atomic E-state index is 12.6. The highest BCUT2D eigenvalue weighted by atomic mass is 16.6. The van der Waals surface area contributed by atoms with Gasteiger partial charge in [-0.2, -0.15) is 0 Å². The normalized spacial score (nSPS) is 14.0. The molecule has 3 rings (SSSR count). The number of rotatable bonds is 8. The Bertz CT molecular complexity index is 842. The minimum absolute atomic E-state index is 0.0214. The van der Waals surface area contributed by atoms with E-state index in [0.29, 0.717) is 41.8 Å². The number of Topliss-reactive ketones (excluding diaryl/α,β-unsaturated/α-hetero) is 1. The van der Waals surface area contributed by atoms with Gasteiger partial charge in [-0.1, -0.05) is 6.07 Å². The Morgan fingerprint density at radius 3 is 2.36 bits per heavy atom. The highest BCUT2D eigenvalue weighted by molar-refractivity contribution is 5.89. The summed E-state index contributed by atoms with van der Waals surface area (Å²) in [4.78, 5) is 16.9. The first-order chi connectivity index (χ1) is 13.6. The van der Waals surface area contributed by atoms with Gasteiger partial charge in [0.1, 0.15) is 37.4 Å². The fourth-order valence-corrected chi connectivity index (χ4v) is 2.90. The highest BCUT2D eigenvalue weighted by Gasteiger charge is 2.22. The van der Waals surface area contributed by atoms with Crippen LogP contribution in [0.4, 0.5) is 0 Å². The number of fused-ring (bicyclic) bond motifs is 1. The van der Waals surface area contributed by atoms with Crippen molar-refractivity contribution < 1.29 is 28.5 Å². The monoisotopic (exact) mass is 385 g/mol. The van der Waals surface area contributed by atoms with Crippen LogP contribution in [-0.4, -0.2) is 53.1 Å². The van der Waals surface area contributed by atoms with E-state index in [1.165, 1.54) is 7.11 Å². The fourth-order valence-electron chi connectivity index (χ4n) is 2.90. The third kappa shape index (κ3) is 4.61. The smallest absolute Gasteiger partial charge is 0.187 e. The molecule has 1 aliphatic rings. The third-order valence-corrected chi connectivity index (χ3v) is 4.26. The summed E-state index contributed by atoms with van der Waals surface area (Å²) in [6.45, 7) is 0.978. The molecule has 0 aliphatic carbocycles. The number of hydrogen-bond donors (Lipinski definition) is 0. The van der Waals surface area contributed by atoms with E-state index in [-0.39, 0.29) is 12.3 Å². The number of hydrogen-bond acceptors (Lipinski definition) is 7. The first-order valence-corrected chi connectivity index (χ1v) is 8.82. The van der Waals surface area contributed by atoms with Crippen LogP contribution in [-0.2, 0) is 9.53 Å². The molecule has 0 amide bonds. The van der Waals surface area contributed by atoms with E-state index < -0.39 is 6.10 Å². The van der Waals surface area contributed by atoms with Crippen LogP contribution < -0.4 is 18.9 Å². The predicted molar refractivity (Wildman–Crippen MR) is 104 cm³/mol. The molecule has 2 aromatic rings. The molecule has 1 aliphatic heterocycles. The topological polar surface area (TPSA) is 75.6 Å². The van der Waals surface area contributed by atoms with E-state index in [0.717, 1.165) is 5.56 Å². The zero-order valence-corrected chi connectivity index (χ0v) is 16.1. The van der Waals surface area contributed by atoms with Crippen LogP contribution in [0.3, 0.4) is 0 Å². The van der Waals surface area contributed by atoms with Crippen molar-refractivity contribution in [1.82, 2.24) is 0 Å². The first kappa shape index (κ1) is 19.7. The second-order valence-corrected chi connectivity index (χ2v) is 6.10. The van der Waals surface area contributed by atoms with Gasteiger partial charge in [0, 0.05) is 19.4 Å². The largest absolute Gasteiger partial charge is 0.497 e. The Morgan fingerprint density at radius 2 is 1.71 bits per heavy atom. The van der Waals surface area contributed by atoms with Crippen LogP contribution in [0, 0.1) is 0 Å². The van der Waals surface area contributed by atoms with Gasteiger partial charge in [-0.25, -0.2) is 0 Å². The van der Waals surface area contributed by atoms with Crippen LogP contribution in [0.15, 0.2) is 41.4 Å². The lowest BCUT2D eigenvalue weighted by molar-refractivity contribution is -0.127. The molecule has 2 aromatic carbocycles. The van der Waals surface area contributed by atoms with Crippen molar-refractivity contribution in [1.29, 1.82) is 0 Å². The molecule has 28 heavy (non-hydrogen) atoms. The molecule has 0 radical (unpaired) electrons. The molecule has 0 spiro atoms. The fraction of sp³-hybridized carbons (Fsp3) is 0.333. The predicted octanol–water partition coefficient (Wildman–Crippen LogP) is 2.85. The van der Waals surface area contributed by atoms with Gasteiger partial charge in [-0.05, 0) is 35.4 Å². The van der Waals surface area contributed by atoms with E-state index in [9.17, 15) is 4.79 Å². The van der Waals surface area contributed by atoms with Gasteiger partial charge in [0.25, 0.3) is 0 Å². The van der Waals surface area contributed by atoms with Gasteiger partial charge < -0.3 is 23.7 Å². The van der Waals surface area contributed by atoms with Crippen molar-refractivity contribution in [3.05, 3.63) is 47.5 Å². The molecule has 1 heterocycles. The molecule has 0 N–H and O–H groups in total. The summed E-state index contributed by atoms with van der Waals surface area (Å²) < 4.78 is 27.0. The van der Waals surface area contributed by atoms with Crippen LogP contribution in [0.1, 0.15) is 17.2 Å². The zero-order chi connectivity index (χ0) is 19.9. The molecule has 0 saturated heterocycles. The standard InChI is InChI=1S/C21H23NO6/c1-24-16-8-14(9-17(11-16)25-2)12-22-13-18(23)21(26-3)15-4-5-19-20(10-15)28-7-6-27-19/h4-5,8-12,21H,6-7,13H2,1-3H3. The Balaban J connectivity index is 1.70. The van der Waals surface area contributed by atoms with E-state index in [1.54, 1.807) is 44.7 Å². The number of benzene rings is 2. The number of methoxy groups -OCH3 is 3. The van der Waals surface area contributed by atoms with E-state index in [2.05, 4.69) is 4.99 Å². The average molecular weight is 385 g/mol. The number of aliphatic imine (C=N–C) groups is 1. The van der Waals surface area contributed by atoms with Crippen molar-refractivity contribution in [3.63, 3.8) is 0 Å². The summed E-state index contributed by atoms with van der Waals surface area (Å²) in [6, 6.07) is 10.8. The molecular formula is C21H23NO6. The average Bonchev–Trinajstić information content (AvgIpc) is 2.73. The Hall–Kier alpha value is -3.06. The molecule has 1 atom stereocenters. The zero-order valence-electron chi connectivity index (χ0n) is 16.1. The Kier molecular flexibility index (Phi) is 6.49. The van der Waals surface area contributed by atoms with Gasteiger partial charge in [-0.15, -0.1) is 0 Å². The van der Waals surface area contributed by atoms with Crippen molar-refractivity contribution in [2.75, 3.05) is 41.1 Å². The van der Waals surface area contributed by atoms with Gasteiger partial charge >= 0.3 is 0 Å². The maximum Gasteiger partial charge on any atom is 0.187 e. The summed E-state index contributed by atoms with van der Waals surface area (Å²) in [5.74, 6) is 2.43. The number of ether oxygens (including phenoxy) is 5. The van der Waals surface area contributed by atoms with E-state index in [1.807, 2.05) is 12.1 Å². The number of nitrogens with zero attached hydrogens (tertiary/aromatic N) is 1. The van der Waals surface area contributed by atoms with Crippen LogP contribution >= 0.6 is 0 Å². The number of carbonyl (C=O) groups is 1. The molecule has 0 fully saturated rings. The summed E-state index contributed by atoms with van der Waals surface area (Å²) in [5.41, 5.74) is 1.48. The highest BCUT2D eigenvalue weighted by Crippen LogP contribution is 2.33. The van der Waals surface area contributed by atoms with Crippen molar-refractivity contribution in [2.45, 2.75) is 6.10 Å². The van der Waals surface area contributed by atoms with Crippen molar-refractivity contribution in [3.8, 4) is 23.0 Å². The SMILES string of the molecule is COc1cc(C=NCC(=O)C(OC)c2ccc3c(c2)OCCO3)cc(OC)c1. The number of carbonyl (C=O) groups excluding carboxylic acids is 1. The molecule has 1 unspecified atom stereocenters.